The van der Waals surface area contributed by atoms with Crippen molar-refractivity contribution in [2.45, 2.75) is 6.92 Å². The van der Waals surface area contributed by atoms with E-state index in [9.17, 15) is 4.79 Å². The maximum Gasteiger partial charge on any atom is 0.264 e. The van der Waals surface area contributed by atoms with Gasteiger partial charge in [0, 0.05) is 0 Å². The molecule has 0 aromatic rings. The number of rotatable bonds is 0. The lowest BCUT2D eigenvalue weighted by atomic mass is 10.7. The number of carboxylic acids is 1. The highest BCUT2D eigenvalue weighted by molar-refractivity contribution is 6.29. The van der Waals surface area contributed by atoms with Crippen LogP contribution in [0.5, 0.6) is 0 Å². The number of aliphatic carboxylic acids is 1. The molecule has 0 rings (SSSR count). The molecule has 5 N–H and O–H groups in total. The van der Waals surface area contributed by atoms with Crippen molar-refractivity contribution in [1.29, 1.82) is 0 Å². The summed E-state index contributed by atoms with van der Waals surface area (Å²) in [6.45, 7) is 3.01. The molecule has 0 spiro atoms. The van der Waals surface area contributed by atoms with Crippen LogP contribution in [0.4, 0.5) is 0 Å². The van der Waals surface area contributed by atoms with Crippen LogP contribution < -0.4 is 16.6 Å². The third-order valence-electron chi connectivity index (χ3n) is 0.201. The van der Waals surface area contributed by atoms with Crippen molar-refractivity contribution >= 4 is 11.9 Å². The zero-order chi connectivity index (χ0) is 7.86. The first-order valence-electron chi connectivity index (χ1n) is 2.36. The molecule has 0 heterocycles. The Bertz CT molecular complexity index is 90.0. The minimum Gasteiger partial charge on any atom is -0.540 e. The molecule has 0 atom stereocenters. The fourth-order valence-electron chi connectivity index (χ4n) is 0. The van der Waals surface area contributed by atoms with E-state index in [4.69, 9.17) is 9.90 Å². The number of carboxylic acid groups (broad SMARTS) is 1. The third kappa shape index (κ3) is 19.7. The Labute approximate surface area is 52.6 Å². The first-order valence-corrected chi connectivity index (χ1v) is 2.36. The smallest absolute Gasteiger partial charge is 0.264 e. The summed E-state index contributed by atoms with van der Waals surface area (Å²) in [4.78, 5) is 18.4. The van der Waals surface area contributed by atoms with Gasteiger partial charge < -0.3 is 21.4 Å². The van der Waals surface area contributed by atoms with Crippen molar-refractivity contribution in [3.8, 4) is 0 Å². The van der Waals surface area contributed by atoms with Crippen molar-refractivity contribution in [1.82, 2.24) is 0 Å². The molecule has 0 aliphatic rings. The number of primary amides is 1. The van der Waals surface area contributed by atoms with E-state index >= 15 is 0 Å². The molecule has 54 valence electrons. The average Bonchev–Trinajstić information content (AvgIpc) is 1.68. The lowest BCUT2D eigenvalue weighted by molar-refractivity contribution is -0.361. The van der Waals surface area contributed by atoms with E-state index in [0.717, 1.165) is 6.54 Å². The topological polar surface area (TPSA) is 111 Å². The first kappa shape index (κ1) is 10.8. The van der Waals surface area contributed by atoms with Crippen LogP contribution in [-0.2, 0) is 9.59 Å². The zero-order valence-electron chi connectivity index (χ0n) is 5.22. The van der Waals surface area contributed by atoms with E-state index in [1.807, 2.05) is 6.92 Å². The quantitative estimate of drug-likeness (QED) is 0.335. The Morgan fingerprint density at radius 2 is 1.78 bits per heavy atom. The summed E-state index contributed by atoms with van der Waals surface area (Å²) in [5.74, 6) is -3.29. The summed E-state index contributed by atoms with van der Waals surface area (Å²) in [6, 6.07) is 0. The van der Waals surface area contributed by atoms with Crippen molar-refractivity contribution in [3.63, 3.8) is 0 Å². The van der Waals surface area contributed by atoms with Gasteiger partial charge in [-0.15, -0.1) is 0 Å². The second-order valence-corrected chi connectivity index (χ2v) is 1.15. The molecule has 0 bridgehead atoms. The number of amides is 1. The Morgan fingerprint density at radius 1 is 1.67 bits per heavy atom. The molecule has 0 saturated heterocycles. The van der Waals surface area contributed by atoms with Crippen molar-refractivity contribution in [3.05, 3.63) is 0 Å². The predicted molar refractivity (Wildman–Crippen MR) is 27.6 cm³/mol. The number of nitrogens with two attached hydrogens (primary N) is 1. The first-order chi connectivity index (χ1) is 4.06. The highest BCUT2D eigenvalue weighted by Gasteiger charge is 1.86. The predicted octanol–water partition coefficient (Wildman–Crippen LogP) is -3.53. The SMILES string of the molecule is CC[NH3+].NC(=O)C(=O)[O-]. The van der Waals surface area contributed by atoms with E-state index in [1.165, 1.54) is 0 Å². The molecule has 0 fully saturated rings. The fourth-order valence-corrected chi connectivity index (χ4v) is 0. The van der Waals surface area contributed by atoms with E-state index in [-0.39, 0.29) is 0 Å². The number of carbonyl (C=O) groups excluding carboxylic acids is 2. The lowest BCUT2D eigenvalue weighted by Gasteiger charge is -1.87. The van der Waals surface area contributed by atoms with Crippen LogP contribution in [0.1, 0.15) is 6.92 Å². The number of hydrogen-bond acceptors (Lipinski definition) is 3. The molecule has 0 aromatic heterocycles. The molecular weight excluding hydrogens is 124 g/mol. The summed E-state index contributed by atoms with van der Waals surface area (Å²) in [5, 5.41) is 9.11. The molecule has 0 unspecified atom stereocenters. The van der Waals surface area contributed by atoms with Gasteiger partial charge in [-0.3, -0.25) is 4.79 Å². The van der Waals surface area contributed by atoms with Gasteiger partial charge in [0.15, 0.2) is 0 Å². The summed E-state index contributed by atoms with van der Waals surface area (Å²) in [6.07, 6.45) is 0. The molecule has 1 amide bonds. The number of hydrogen-bond donors (Lipinski definition) is 2. The highest BCUT2D eigenvalue weighted by atomic mass is 16.4. The van der Waals surface area contributed by atoms with Gasteiger partial charge in [-0.2, -0.15) is 0 Å². The van der Waals surface area contributed by atoms with E-state index in [2.05, 4.69) is 11.5 Å². The normalized spacial score (nSPS) is 6.89. The molecule has 0 radical (unpaired) electrons. The van der Waals surface area contributed by atoms with Gasteiger partial charge in [0.25, 0.3) is 5.91 Å². The van der Waals surface area contributed by atoms with Gasteiger partial charge in [0.1, 0.15) is 5.97 Å². The maximum absolute atomic E-state index is 9.26. The van der Waals surface area contributed by atoms with Crippen LogP contribution in [0.3, 0.4) is 0 Å². The maximum atomic E-state index is 9.26. The molecule has 0 aliphatic heterocycles. The van der Waals surface area contributed by atoms with Gasteiger partial charge in [0.05, 0.1) is 6.54 Å². The van der Waals surface area contributed by atoms with Gasteiger partial charge in [-0.05, 0) is 6.92 Å². The van der Waals surface area contributed by atoms with Crippen molar-refractivity contribution in [2.75, 3.05) is 6.54 Å². The second kappa shape index (κ2) is 6.90. The van der Waals surface area contributed by atoms with E-state index in [0.29, 0.717) is 0 Å². The fraction of sp³-hybridized carbons (Fsp3) is 0.500. The number of carbonyl (C=O) groups is 2. The van der Waals surface area contributed by atoms with Crippen LogP contribution in [0.15, 0.2) is 0 Å². The van der Waals surface area contributed by atoms with Crippen molar-refractivity contribution in [2.24, 2.45) is 5.73 Å². The van der Waals surface area contributed by atoms with Crippen LogP contribution in [0.25, 0.3) is 0 Å². The van der Waals surface area contributed by atoms with E-state index in [1.54, 1.807) is 0 Å². The molecule has 0 saturated carbocycles. The minimum absolute atomic E-state index is 1.00. The highest BCUT2D eigenvalue weighted by Crippen LogP contribution is 1.43. The summed E-state index contributed by atoms with van der Waals surface area (Å²) < 4.78 is 0. The van der Waals surface area contributed by atoms with Gasteiger partial charge in [-0.25, -0.2) is 0 Å². The summed E-state index contributed by atoms with van der Waals surface area (Å²) >= 11 is 0. The second-order valence-electron chi connectivity index (χ2n) is 1.15. The average molecular weight is 134 g/mol. The molecule has 5 nitrogen and oxygen atoms in total. The lowest BCUT2D eigenvalue weighted by Crippen LogP contribution is -2.48. The van der Waals surface area contributed by atoms with E-state index < -0.39 is 11.9 Å². The van der Waals surface area contributed by atoms with Crippen LogP contribution in [-0.4, -0.2) is 18.4 Å². The van der Waals surface area contributed by atoms with Crippen LogP contribution in [0, 0.1) is 0 Å². The summed E-state index contributed by atoms with van der Waals surface area (Å²) in [7, 11) is 0. The third-order valence-corrected chi connectivity index (χ3v) is 0.201. The summed E-state index contributed by atoms with van der Waals surface area (Å²) in [5.41, 5.74) is 7.62. The van der Waals surface area contributed by atoms with Gasteiger partial charge in [0.2, 0.25) is 0 Å². The molecule has 0 aromatic carbocycles. The Kier molecular flexibility index (Phi) is 8.28. The zero-order valence-corrected chi connectivity index (χ0v) is 5.22. The van der Waals surface area contributed by atoms with Gasteiger partial charge >= 0.3 is 0 Å². The Hall–Kier alpha value is -1.10. The van der Waals surface area contributed by atoms with Gasteiger partial charge in [-0.1, -0.05) is 0 Å². The standard InChI is InChI=1S/C2H3NO3.C2H7N/c3-1(4)2(5)6;1-2-3/h(H2,3,4)(H,5,6);2-3H2,1H3. The monoisotopic (exact) mass is 134 g/mol. The van der Waals surface area contributed by atoms with Crippen LogP contribution in [0.2, 0.25) is 0 Å². The largest absolute Gasteiger partial charge is 0.540 e. The molecular formula is C4H10N2O3. The van der Waals surface area contributed by atoms with Crippen molar-refractivity contribution < 1.29 is 20.4 Å². The Balaban J connectivity index is 0. The minimum atomic E-state index is -1.85. The number of quaternary nitrogens is 1. The molecule has 0 aliphatic carbocycles. The Morgan fingerprint density at radius 3 is 1.78 bits per heavy atom. The molecule has 9 heavy (non-hydrogen) atoms. The molecule has 5 heteroatoms. The van der Waals surface area contributed by atoms with Crippen LogP contribution >= 0.6 is 0 Å².